The zero-order chi connectivity index (χ0) is 7.41. The molecule has 0 aromatic rings. The van der Waals surface area contributed by atoms with Gasteiger partial charge in [0.15, 0.2) is 0 Å². The predicted octanol–water partition coefficient (Wildman–Crippen LogP) is 1.93. The molecule has 3 aliphatic rings. The van der Waals surface area contributed by atoms with E-state index < -0.39 is 0 Å². The van der Waals surface area contributed by atoms with Crippen molar-refractivity contribution in [2.75, 3.05) is 0 Å². The van der Waals surface area contributed by atoms with Gasteiger partial charge in [0, 0.05) is 11.1 Å². The Kier molecular flexibility index (Phi) is 1.05. The number of rotatable bonds is 1. The molecule has 0 amide bonds. The van der Waals surface area contributed by atoms with Crippen LogP contribution in [-0.2, 0) is 0 Å². The van der Waals surface area contributed by atoms with E-state index in [2.05, 4.69) is 26.1 Å². The van der Waals surface area contributed by atoms with Crippen molar-refractivity contribution >= 4 is 0 Å². The second-order valence-corrected chi connectivity index (χ2v) is 5.13. The zero-order valence-corrected chi connectivity index (χ0v) is 7.20. The first-order valence-electron chi connectivity index (χ1n) is 4.29. The van der Waals surface area contributed by atoms with Gasteiger partial charge in [0.25, 0.3) is 0 Å². The number of hydrogen-bond donors (Lipinski definition) is 1. The molecule has 2 bridgehead atoms. The standard InChI is InChI=1S/C9H17N/c1-8(2,3)10-9-4-7(5-9)6-9/h7,10H,4-6H2,1-3H3. The summed E-state index contributed by atoms with van der Waals surface area (Å²) in [5, 5.41) is 3.70. The van der Waals surface area contributed by atoms with Crippen molar-refractivity contribution in [3.63, 3.8) is 0 Å². The highest BCUT2D eigenvalue weighted by molar-refractivity contribution is 5.15. The van der Waals surface area contributed by atoms with Crippen LogP contribution in [0.4, 0.5) is 0 Å². The molecular formula is C9H17N. The van der Waals surface area contributed by atoms with Crippen LogP contribution in [0.3, 0.4) is 0 Å². The van der Waals surface area contributed by atoms with E-state index in [4.69, 9.17) is 0 Å². The molecule has 0 heterocycles. The average molecular weight is 139 g/mol. The molecule has 3 aliphatic carbocycles. The lowest BCUT2D eigenvalue weighted by Gasteiger charge is -2.64. The molecule has 0 aliphatic heterocycles. The van der Waals surface area contributed by atoms with Crippen LogP contribution in [0, 0.1) is 5.92 Å². The van der Waals surface area contributed by atoms with Gasteiger partial charge >= 0.3 is 0 Å². The summed E-state index contributed by atoms with van der Waals surface area (Å²) in [6.45, 7) is 6.77. The van der Waals surface area contributed by atoms with E-state index in [-0.39, 0.29) is 0 Å². The summed E-state index contributed by atoms with van der Waals surface area (Å²) in [6, 6.07) is 0. The van der Waals surface area contributed by atoms with Crippen molar-refractivity contribution in [2.45, 2.75) is 51.1 Å². The second-order valence-electron chi connectivity index (χ2n) is 5.13. The van der Waals surface area contributed by atoms with Crippen molar-refractivity contribution < 1.29 is 0 Å². The molecule has 0 unspecified atom stereocenters. The maximum Gasteiger partial charge on any atom is 0.0194 e. The van der Waals surface area contributed by atoms with Crippen molar-refractivity contribution in [3.8, 4) is 0 Å². The fourth-order valence-corrected chi connectivity index (χ4v) is 2.43. The van der Waals surface area contributed by atoms with Gasteiger partial charge in [0.05, 0.1) is 0 Å². The van der Waals surface area contributed by atoms with Crippen molar-refractivity contribution in [2.24, 2.45) is 5.92 Å². The molecule has 3 fully saturated rings. The Morgan fingerprint density at radius 3 is 1.80 bits per heavy atom. The van der Waals surface area contributed by atoms with Gasteiger partial charge in [0.2, 0.25) is 0 Å². The minimum absolute atomic E-state index is 0.325. The van der Waals surface area contributed by atoms with E-state index in [0.29, 0.717) is 11.1 Å². The van der Waals surface area contributed by atoms with E-state index in [9.17, 15) is 0 Å². The highest BCUT2D eigenvalue weighted by Gasteiger charge is 2.57. The van der Waals surface area contributed by atoms with Crippen LogP contribution in [0.2, 0.25) is 0 Å². The fourth-order valence-electron chi connectivity index (χ4n) is 2.43. The topological polar surface area (TPSA) is 12.0 Å². The molecular weight excluding hydrogens is 122 g/mol. The van der Waals surface area contributed by atoms with Gasteiger partial charge < -0.3 is 5.32 Å². The molecule has 1 nitrogen and oxygen atoms in total. The molecule has 10 heavy (non-hydrogen) atoms. The van der Waals surface area contributed by atoms with E-state index in [1.54, 1.807) is 0 Å². The Labute approximate surface area is 63.2 Å². The molecule has 0 atom stereocenters. The van der Waals surface area contributed by atoms with Crippen LogP contribution in [0.5, 0.6) is 0 Å². The fraction of sp³-hybridized carbons (Fsp3) is 1.00. The summed E-state index contributed by atoms with van der Waals surface area (Å²) in [5.41, 5.74) is 0.925. The van der Waals surface area contributed by atoms with E-state index in [1.807, 2.05) is 0 Å². The van der Waals surface area contributed by atoms with Crippen LogP contribution in [0.15, 0.2) is 0 Å². The molecule has 3 saturated carbocycles. The minimum Gasteiger partial charge on any atom is -0.307 e. The van der Waals surface area contributed by atoms with Crippen LogP contribution < -0.4 is 5.32 Å². The van der Waals surface area contributed by atoms with Crippen molar-refractivity contribution in [3.05, 3.63) is 0 Å². The summed E-state index contributed by atoms with van der Waals surface area (Å²) in [4.78, 5) is 0. The Bertz CT molecular complexity index is 138. The normalized spacial score (nSPS) is 44.1. The van der Waals surface area contributed by atoms with Gasteiger partial charge in [-0.1, -0.05) is 0 Å². The molecule has 3 rings (SSSR count). The Morgan fingerprint density at radius 2 is 1.70 bits per heavy atom. The maximum absolute atomic E-state index is 3.70. The summed E-state index contributed by atoms with van der Waals surface area (Å²) >= 11 is 0. The SMILES string of the molecule is CC(C)(C)NC12CC(C1)C2. The molecule has 1 N–H and O–H groups in total. The van der Waals surface area contributed by atoms with E-state index in [0.717, 1.165) is 5.92 Å². The number of nitrogens with one attached hydrogen (secondary N) is 1. The zero-order valence-electron chi connectivity index (χ0n) is 7.20. The maximum atomic E-state index is 3.70. The lowest BCUT2D eigenvalue weighted by Crippen LogP contribution is -2.70. The second kappa shape index (κ2) is 1.58. The van der Waals surface area contributed by atoms with Gasteiger partial charge in [-0.15, -0.1) is 0 Å². The van der Waals surface area contributed by atoms with E-state index >= 15 is 0 Å². The molecule has 0 aromatic heterocycles. The largest absolute Gasteiger partial charge is 0.307 e. The Hall–Kier alpha value is -0.0400. The molecule has 0 spiro atoms. The summed E-state index contributed by atoms with van der Waals surface area (Å²) in [6.07, 6.45) is 4.35. The molecule has 58 valence electrons. The van der Waals surface area contributed by atoms with Crippen LogP contribution in [-0.4, -0.2) is 11.1 Å². The first kappa shape index (κ1) is 6.66. The lowest BCUT2D eigenvalue weighted by atomic mass is 9.49. The highest BCUT2D eigenvalue weighted by Crippen LogP contribution is 2.57. The summed E-state index contributed by atoms with van der Waals surface area (Å²) in [7, 11) is 0. The highest BCUT2D eigenvalue weighted by atomic mass is 15.1. The van der Waals surface area contributed by atoms with Gasteiger partial charge in [0.1, 0.15) is 0 Å². The summed E-state index contributed by atoms with van der Waals surface area (Å²) < 4.78 is 0. The third-order valence-corrected chi connectivity index (χ3v) is 2.68. The Morgan fingerprint density at radius 1 is 1.20 bits per heavy atom. The minimum atomic E-state index is 0.325. The summed E-state index contributed by atoms with van der Waals surface area (Å²) in [5.74, 6) is 1.09. The van der Waals surface area contributed by atoms with Crippen molar-refractivity contribution in [1.29, 1.82) is 0 Å². The van der Waals surface area contributed by atoms with Gasteiger partial charge in [-0.25, -0.2) is 0 Å². The van der Waals surface area contributed by atoms with Gasteiger partial charge in [-0.2, -0.15) is 0 Å². The average Bonchev–Trinajstić information content (AvgIpc) is 1.48. The molecule has 0 radical (unpaired) electrons. The third kappa shape index (κ3) is 0.878. The predicted molar refractivity (Wildman–Crippen MR) is 43.0 cm³/mol. The van der Waals surface area contributed by atoms with Gasteiger partial charge in [-0.3, -0.25) is 0 Å². The molecule has 0 saturated heterocycles. The van der Waals surface area contributed by atoms with E-state index in [1.165, 1.54) is 19.3 Å². The molecule has 1 heteroatoms. The van der Waals surface area contributed by atoms with Crippen molar-refractivity contribution in [1.82, 2.24) is 5.32 Å². The first-order valence-corrected chi connectivity index (χ1v) is 4.29. The number of hydrogen-bond acceptors (Lipinski definition) is 1. The van der Waals surface area contributed by atoms with Crippen LogP contribution in [0.1, 0.15) is 40.0 Å². The smallest absolute Gasteiger partial charge is 0.0194 e. The third-order valence-electron chi connectivity index (χ3n) is 2.68. The Balaban J connectivity index is 1.90. The van der Waals surface area contributed by atoms with Gasteiger partial charge in [-0.05, 0) is 46.0 Å². The molecule has 0 aromatic carbocycles. The monoisotopic (exact) mass is 139 g/mol. The first-order chi connectivity index (χ1) is 4.49. The van der Waals surface area contributed by atoms with Crippen LogP contribution in [0.25, 0.3) is 0 Å². The quantitative estimate of drug-likeness (QED) is 0.585. The van der Waals surface area contributed by atoms with Crippen LogP contribution >= 0.6 is 0 Å². The lowest BCUT2D eigenvalue weighted by molar-refractivity contribution is -0.0668.